The molecule has 0 bridgehead atoms. The second kappa shape index (κ2) is 5.97. The van der Waals surface area contributed by atoms with Gasteiger partial charge in [0.25, 0.3) is 0 Å². The van der Waals surface area contributed by atoms with Crippen molar-refractivity contribution in [3.05, 3.63) is 24.3 Å². The third-order valence-electron chi connectivity index (χ3n) is 2.03. The Morgan fingerprint density at radius 2 is 2.17 bits per heavy atom. The highest BCUT2D eigenvalue weighted by Gasteiger charge is 2.15. The smallest absolute Gasteiger partial charge is 0.351 e. The molecule has 1 rings (SSSR count). The van der Waals surface area contributed by atoms with Crippen LogP contribution < -0.4 is 10.2 Å². The van der Waals surface area contributed by atoms with Gasteiger partial charge in [0, 0.05) is 25.3 Å². The maximum absolute atomic E-state index is 10.9. The Labute approximate surface area is 105 Å². The van der Waals surface area contributed by atoms with Gasteiger partial charge in [0.15, 0.2) is 0 Å². The maximum Gasteiger partial charge on any atom is 0.471 e. The van der Waals surface area contributed by atoms with Crippen LogP contribution in [0.4, 0.5) is 11.4 Å². The Morgan fingerprint density at radius 3 is 2.72 bits per heavy atom. The second-order valence-corrected chi connectivity index (χ2v) is 4.92. The molecular formula is C10H15N2O5P. The molecule has 0 unspecified atom stereocenters. The minimum absolute atomic E-state index is 0.193. The number of phosphoric ester groups is 1. The van der Waals surface area contributed by atoms with Gasteiger partial charge in [-0.2, -0.15) is 0 Å². The lowest BCUT2D eigenvalue weighted by Gasteiger charge is -2.20. The molecule has 0 saturated heterocycles. The van der Waals surface area contributed by atoms with E-state index in [-0.39, 0.29) is 12.6 Å². The number of carbonyl (C=O) groups is 1. The monoisotopic (exact) mass is 274 g/mol. The van der Waals surface area contributed by atoms with Crippen molar-refractivity contribution in [3.8, 4) is 0 Å². The van der Waals surface area contributed by atoms with Gasteiger partial charge in [-0.15, -0.1) is 0 Å². The van der Waals surface area contributed by atoms with Crippen LogP contribution in [0.25, 0.3) is 0 Å². The molecule has 1 aromatic carbocycles. The van der Waals surface area contributed by atoms with Crippen LogP contribution in [0.5, 0.6) is 0 Å². The van der Waals surface area contributed by atoms with E-state index in [9.17, 15) is 9.36 Å². The summed E-state index contributed by atoms with van der Waals surface area (Å²) < 4.78 is 14.9. The first kappa shape index (κ1) is 14.7. The first-order valence-corrected chi connectivity index (χ1v) is 6.60. The van der Waals surface area contributed by atoms with Crippen LogP contribution in [-0.4, -0.2) is 29.5 Å². The van der Waals surface area contributed by atoms with Gasteiger partial charge in [0.1, 0.15) is 6.73 Å². The molecule has 1 aromatic rings. The summed E-state index contributed by atoms with van der Waals surface area (Å²) in [5.74, 6) is -0.193. The lowest BCUT2D eigenvalue weighted by molar-refractivity contribution is -0.114. The Bertz CT molecular complexity index is 473. The average Bonchev–Trinajstić information content (AvgIpc) is 2.24. The zero-order valence-corrected chi connectivity index (χ0v) is 10.9. The molecule has 0 aliphatic carbocycles. The van der Waals surface area contributed by atoms with Crippen molar-refractivity contribution in [1.82, 2.24) is 0 Å². The van der Waals surface area contributed by atoms with E-state index in [0.717, 1.165) is 0 Å². The van der Waals surface area contributed by atoms with Crippen molar-refractivity contribution in [2.45, 2.75) is 6.92 Å². The summed E-state index contributed by atoms with van der Waals surface area (Å²) >= 11 is 0. The number of amides is 1. The van der Waals surface area contributed by atoms with E-state index in [1.165, 1.54) is 11.8 Å². The average molecular weight is 274 g/mol. The van der Waals surface area contributed by atoms with Crippen molar-refractivity contribution >= 4 is 25.1 Å². The number of benzene rings is 1. The number of phosphoric acid groups is 1. The van der Waals surface area contributed by atoms with E-state index in [1.807, 2.05) is 0 Å². The van der Waals surface area contributed by atoms with Gasteiger partial charge < -0.3 is 20.0 Å². The Kier molecular flexibility index (Phi) is 4.86. The van der Waals surface area contributed by atoms with Crippen molar-refractivity contribution in [2.75, 3.05) is 24.0 Å². The molecule has 0 atom stereocenters. The van der Waals surface area contributed by atoms with E-state index >= 15 is 0 Å². The third-order valence-corrected chi connectivity index (χ3v) is 2.48. The summed E-state index contributed by atoms with van der Waals surface area (Å²) in [7, 11) is -2.87. The molecule has 0 aliphatic heterocycles. The third kappa shape index (κ3) is 5.29. The molecule has 7 nitrogen and oxygen atoms in total. The number of rotatable bonds is 5. The van der Waals surface area contributed by atoms with Crippen LogP contribution in [0, 0.1) is 0 Å². The zero-order chi connectivity index (χ0) is 13.8. The van der Waals surface area contributed by atoms with Crippen molar-refractivity contribution in [1.29, 1.82) is 0 Å². The first-order chi connectivity index (χ1) is 8.28. The van der Waals surface area contributed by atoms with Crippen molar-refractivity contribution in [3.63, 3.8) is 0 Å². The highest BCUT2D eigenvalue weighted by Crippen LogP contribution is 2.36. The van der Waals surface area contributed by atoms with Gasteiger partial charge in [-0.3, -0.25) is 9.32 Å². The quantitative estimate of drug-likeness (QED) is 0.550. The van der Waals surface area contributed by atoms with Crippen LogP contribution in [0.15, 0.2) is 24.3 Å². The number of hydrogen-bond donors (Lipinski definition) is 3. The molecule has 1 amide bonds. The second-order valence-electron chi connectivity index (χ2n) is 3.68. The number of anilines is 2. The lowest BCUT2D eigenvalue weighted by atomic mass is 10.2. The summed E-state index contributed by atoms with van der Waals surface area (Å²) in [6, 6.07) is 6.83. The van der Waals surface area contributed by atoms with E-state index in [4.69, 9.17) is 9.79 Å². The predicted octanol–water partition coefficient (Wildman–Crippen LogP) is 1.15. The molecule has 18 heavy (non-hydrogen) atoms. The SMILES string of the molecule is CC(=O)Nc1cccc(N(C)COP(=O)(O)O)c1. The van der Waals surface area contributed by atoms with Crippen LogP contribution in [-0.2, 0) is 13.9 Å². The molecule has 0 fully saturated rings. The fraction of sp³-hybridized carbons (Fsp3) is 0.300. The summed E-state index contributed by atoms with van der Waals surface area (Å²) in [6.45, 7) is 1.14. The standard InChI is InChI=1S/C10H15N2O5P/c1-8(13)11-9-4-3-5-10(6-9)12(2)7-17-18(14,15)16/h3-6H,7H2,1-2H3,(H,11,13)(H2,14,15,16). The van der Waals surface area contributed by atoms with Crippen LogP contribution in [0.2, 0.25) is 0 Å². The molecular weight excluding hydrogens is 259 g/mol. The number of nitrogens with one attached hydrogen (secondary N) is 1. The number of hydrogen-bond acceptors (Lipinski definition) is 4. The van der Waals surface area contributed by atoms with Gasteiger partial charge in [0.2, 0.25) is 5.91 Å². The van der Waals surface area contributed by atoms with E-state index in [2.05, 4.69) is 9.84 Å². The van der Waals surface area contributed by atoms with Gasteiger partial charge in [-0.1, -0.05) is 6.07 Å². The molecule has 0 spiro atoms. The maximum atomic E-state index is 10.9. The van der Waals surface area contributed by atoms with Crippen LogP contribution in [0.3, 0.4) is 0 Å². The molecule has 0 aliphatic rings. The summed E-state index contributed by atoms with van der Waals surface area (Å²) in [6.07, 6.45) is 0. The molecule has 0 saturated carbocycles. The summed E-state index contributed by atoms with van der Waals surface area (Å²) in [4.78, 5) is 29.6. The normalized spacial score (nSPS) is 11.1. The van der Waals surface area contributed by atoms with E-state index in [0.29, 0.717) is 11.4 Å². The highest BCUT2D eigenvalue weighted by molar-refractivity contribution is 7.46. The minimum atomic E-state index is -4.49. The first-order valence-electron chi connectivity index (χ1n) is 5.07. The fourth-order valence-corrected chi connectivity index (χ4v) is 1.58. The predicted molar refractivity (Wildman–Crippen MR) is 67.1 cm³/mol. The molecule has 8 heteroatoms. The summed E-state index contributed by atoms with van der Waals surface area (Å²) in [5.41, 5.74) is 1.26. The molecule has 0 radical (unpaired) electrons. The fourth-order valence-electron chi connectivity index (χ4n) is 1.26. The van der Waals surface area contributed by atoms with Gasteiger partial charge in [-0.05, 0) is 18.2 Å². The van der Waals surface area contributed by atoms with Crippen LogP contribution in [0.1, 0.15) is 6.92 Å². The van der Waals surface area contributed by atoms with Crippen molar-refractivity contribution < 1.29 is 23.7 Å². The molecule has 3 N–H and O–H groups in total. The molecule has 0 heterocycles. The Morgan fingerprint density at radius 1 is 1.50 bits per heavy atom. The van der Waals surface area contributed by atoms with E-state index in [1.54, 1.807) is 31.3 Å². The minimum Gasteiger partial charge on any atom is -0.351 e. The van der Waals surface area contributed by atoms with Crippen LogP contribution >= 0.6 is 7.82 Å². The van der Waals surface area contributed by atoms with Gasteiger partial charge in [-0.25, -0.2) is 4.57 Å². The topological polar surface area (TPSA) is 99.1 Å². The van der Waals surface area contributed by atoms with Crippen molar-refractivity contribution in [2.24, 2.45) is 0 Å². The largest absolute Gasteiger partial charge is 0.471 e. The number of carbonyl (C=O) groups excluding carboxylic acids is 1. The Balaban J connectivity index is 2.70. The molecule has 100 valence electrons. The Hall–Kier alpha value is -1.40. The highest BCUT2D eigenvalue weighted by atomic mass is 31.2. The number of nitrogens with zero attached hydrogens (tertiary/aromatic N) is 1. The zero-order valence-electron chi connectivity index (χ0n) is 10.0. The van der Waals surface area contributed by atoms with E-state index < -0.39 is 7.82 Å². The summed E-state index contributed by atoms with van der Waals surface area (Å²) in [5, 5.41) is 2.61. The lowest BCUT2D eigenvalue weighted by Crippen LogP contribution is -2.20. The van der Waals surface area contributed by atoms with Gasteiger partial charge in [0.05, 0.1) is 0 Å². The molecule has 0 aromatic heterocycles. The van der Waals surface area contributed by atoms with Gasteiger partial charge >= 0.3 is 7.82 Å².